The summed E-state index contributed by atoms with van der Waals surface area (Å²) in [4.78, 5) is 73.1. The van der Waals surface area contributed by atoms with E-state index in [4.69, 9.17) is 37.0 Å². The monoisotopic (exact) mass is 1510 g/mol. The molecule has 0 radical (unpaired) electrons. The van der Waals surface area contributed by atoms with Crippen molar-refractivity contribution < 1.29 is 80.2 Å². The molecule has 0 aliphatic rings. The Labute approximate surface area is 634 Å². The Bertz CT molecular complexity index is 2250. The van der Waals surface area contributed by atoms with Crippen molar-refractivity contribution in [3.05, 3.63) is 72.9 Å². The molecule has 0 saturated heterocycles. The van der Waals surface area contributed by atoms with E-state index in [0.717, 1.165) is 122 Å². The molecule has 5 atom stereocenters. The van der Waals surface area contributed by atoms with E-state index in [9.17, 15) is 43.2 Å². The molecule has 0 aliphatic heterocycles. The van der Waals surface area contributed by atoms with Crippen molar-refractivity contribution in [2.45, 2.75) is 406 Å². The minimum atomic E-state index is -4.99. The predicted molar refractivity (Wildman–Crippen MR) is 427 cm³/mol. The lowest BCUT2D eigenvalue weighted by Gasteiger charge is -2.21. The summed E-state index contributed by atoms with van der Waals surface area (Å²) in [5, 5.41) is 10.7. The number of carbonyl (C=O) groups is 4. The highest BCUT2D eigenvalue weighted by molar-refractivity contribution is 7.47. The number of phosphoric ester groups is 2. The fourth-order valence-corrected chi connectivity index (χ4v) is 13.3. The molecule has 0 amide bonds. The molecule has 0 aromatic rings. The van der Waals surface area contributed by atoms with Gasteiger partial charge in [0, 0.05) is 25.7 Å². The molecule has 606 valence electrons. The van der Waals surface area contributed by atoms with Gasteiger partial charge in [-0.3, -0.25) is 37.3 Å². The second-order valence-electron chi connectivity index (χ2n) is 28.4. The van der Waals surface area contributed by atoms with Crippen molar-refractivity contribution >= 4 is 39.5 Å². The van der Waals surface area contributed by atoms with Crippen molar-refractivity contribution in [3.8, 4) is 0 Å². The Morgan fingerprint density at radius 1 is 0.269 bits per heavy atom. The van der Waals surface area contributed by atoms with Crippen LogP contribution < -0.4 is 0 Å². The summed E-state index contributed by atoms with van der Waals surface area (Å²) in [7, 11) is -9.96. The lowest BCUT2D eigenvalue weighted by atomic mass is 10.0. The third-order valence-electron chi connectivity index (χ3n) is 18.2. The van der Waals surface area contributed by atoms with Gasteiger partial charge in [-0.05, 0) is 89.9 Å². The van der Waals surface area contributed by atoms with Crippen molar-refractivity contribution in [1.29, 1.82) is 0 Å². The van der Waals surface area contributed by atoms with Crippen LogP contribution in [0.15, 0.2) is 72.9 Å². The SMILES string of the molecule is CCCCC/C=C\C/C=C\C/C=C\C/C=C\C/C=C\CCC(=O)OC[C@H](COP(=O)(O)OC[C@@H](O)COP(=O)(O)OC[C@@H](COC(=O)CCCCCCCCCCCCCCCCC)OC(=O)CCCCCCCCC/C=C\CCCCCC)OC(=O)CCCCCCCCCCCCCCCCC. The Hall–Kier alpha value is -3.50. The molecule has 0 aromatic carbocycles. The van der Waals surface area contributed by atoms with Gasteiger partial charge in [0.1, 0.15) is 19.3 Å². The van der Waals surface area contributed by atoms with Gasteiger partial charge in [-0.1, -0.05) is 345 Å². The van der Waals surface area contributed by atoms with Crippen LogP contribution in [-0.4, -0.2) is 96.7 Å². The highest BCUT2D eigenvalue weighted by Gasteiger charge is 2.30. The van der Waals surface area contributed by atoms with Gasteiger partial charge in [0.2, 0.25) is 0 Å². The summed E-state index contributed by atoms with van der Waals surface area (Å²) < 4.78 is 68.7. The van der Waals surface area contributed by atoms with Gasteiger partial charge in [0.05, 0.1) is 26.4 Å². The van der Waals surface area contributed by atoms with Gasteiger partial charge in [0.15, 0.2) is 12.2 Å². The van der Waals surface area contributed by atoms with Gasteiger partial charge < -0.3 is 33.8 Å². The number of hydrogen-bond acceptors (Lipinski definition) is 15. The minimum Gasteiger partial charge on any atom is -0.462 e. The minimum absolute atomic E-state index is 0.0423. The fourth-order valence-electron chi connectivity index (χ4n) is 11.7. The molecule has 0 heterocycles. The highest BCUT2D eigenvalue weighted by atomic mass is 31.2. The average molecular weight is 1510 g/mol. The number of hydrogen-bond donors (Lipinski definition) is 3. The predicted octanol–water partition coefficient (Wildman–Crippen LogP) is 24.8. The average Bonchev–Trinajstić information content (AvgIpc) is 0.918. The first-order valence-electron chi connectivity index (χ1n) is 42.2. The van der Waals surface area contributed by atoms with Crippen molar-refractivity contribution in [3.63, 3.8) is 0 Å². The first kappa shape index (κ1) is 100. The number of rotatable bonds is 80. The van der Waals surface area contributed by atoms with E-state index in [0.29, 0.717) is 32.1 Å². The van der Waals surface area contributed by atoms with E-state index in [2.05, 4.69) is 88.5 Å². The Morgan fingerprint density at radius 3 is 0.817 bits per heavy atom. The van der Waals surface area contributed by atoms with Crippen LogP contribution in [0, 0.1) is 0 Å². The summed E-state index contributed by atoms with van der Waals surface area (Å²) in [5.74, 6) is -2.24. The van der Waals surface area contributed by atoms with E-state index in [1.807, 2.05) is 12.2 Å². The van der Waals surface area contributed by atoms with Crippen LogP contribution >= 0.6 is 15.6 Å². The Kier molecular flexibility index (Phi) is 75.0. The first-order valence-corrected chi connectivity index (χ1v) is 45.2. The molecule has 2 unspecified atom stereocenters. The number of carbonyl (C=O) groups excluding carboxylic acids is 4. The molecular weight excluding hydrogens is 1350 g/mol. The van der Waals surface area contributed by atoms with Crippen LogP contribution in [0.5, 0.6) is 0 Å². The normalized spacial score (nSPS) is 14.2. The van der Waals surface area contributed by atoms with Crippen molar-refractivity contribution in [1.82, 2.24) is 0 Å². The second-order valence-corrected chi connectivity index (χ2v) is 31.3. The Balaban J connectivity index is 5.38. The molecule has 0 saturated carbocycles. The van der Waals surface area contributed by atoms with Crippen LogP contribution in [-0.2, 0) is 65.4 Å². The smallest absolute Gasteiger partial charge is 0.462 e. The number of aliphatic hydroxyl groups is 1. The van der Waals surface area contributed by atoms with Crippen molar-refractivity contribution in [2.75, 3.05) is 39.6 Å². The summed E-state index contributed by atoms with van der Waals surface area (Å²) >= 11 is 0. The molecule has 0 fully saturated rings. The summed E-state index contributed by atoms with van der Waals surface area (Å²) in [5.41, 5.74) is 0. The van der Waals surface area contributed by atoms with Crippen molar-refractivity contribution in [2.24, 2.45) is 0 Å². The molecule has 17 nitrogen and oxygen atoms in total. The molecule has 0 aliphatic carbocycles. The zero-order valence-electron chi connectivity index (χ0n) is 66.5. The molecule has 3 N–H and O–H groups in total. The molecule has 0 spiro atoms. The zero-order chi connectivity index (χ0) is 76.0. The maximum atomic E-state index is 13.1. The van der Waals surface area contributed by atoms with Gasteiger partial charge >= 0.3 is 39.5 Å². The maximum absolute atomic E-state index is 13.1. The molecule has 0 bridgehead atoms. The third kappa shape index (κ3) is 76.7. The van der Waals surface area contributed by atoms with Crippen LogP contribution in [0.4, 0.5) is 0 Å². The molecular formula is C85H154O17P2. The molecule has 19 heteroatoms. The standard InChI is InChI=1S/C85H154O17P2/c1-5-9-13-17-21-25-29-33-37-38-39-40-44-46-50-54-58-62-66-70-83(88)96-76-81(102-85(90)72-68-64-60-56-52-48-43-36-32-28-24-20-16-12-8-4)78-100-104(93,94)98-74-79(86)73-97-103(91,92)99-77-80(101-84(89)71-67-63-59-55-51-47-42-35-31-27-23-19-15-11-7-3)75-95-82(87)69-65-61-57-53-49-45-41-34-30-26-22-18-14-10-6-2/h21,25,27,31,33,37,39-40,46,50,58,62,79-81,86H,5-20,22-24,26,28-30,32,34-36,38,41-45,47-49,51-57,59-61,63-78H2,1-4H3,(H,91,92)(H,93,94)/b25-21-,31-27-,37-33-,40-39-,50-46-,62-58-/t79-,80+,81+/m0/s1. The lowest BCUT2D eigenvalue weighted by molar-refractivity contribution is -0.161. The van der Waals surface area contributed by atoms with E-state index < -0.39 is 97.5 Å². The van der Waals surface area contributed by atoms with E-state index >= 15 is 0 Å². The molecule has 104 heavy (non-hydrogen) atoms. The van der Waals surface area contributed by atoms with Gasteiger partial charge in [-0.15, -0.1) is 0 Å². The summed E-state index contributed by atoms with van der Waals surface area (Å²) in [6.45, 7) is 4.84. The van der Waals surface area contributed by atoms with E-state index in [-0.39, 0.29) is 25.7 Å². The first-order chi connectivity index (χ1) is 50.7. The fraction of sp³-hybridized carbons (Fsp3) is 0.812. The number of aliphatic hydroxyl groups excluding tert-OH is 1. The van der Waals surface area contributed by atoms with Crippen LogP contribution in [0.25, 0.3) is 0 Å². The highest BCUT2D eigenvalue weighted by Crippen LogP contribution is 2.45. The van der Waals surface area contributed by atoms with Crippen LogP contribution in [0.1, 0.15) is 387 Å². The summed E-state index contributed by atoms with van der Waals surface area (Å²) in [6, 6.07) is 0. The van der Waals surface area contributed by atoms with Crippen LogP contribution in [0.2, 0.25) is 0 Å². The lowest BCUT2D eigenvalue weighted by Crippen LogP contribution is -2.30. The largest absolute Gasteiger partial charge is 0.472 e. The summed E-state index contributed by atoms with van der Waals surface area (Å²) in [6.07, 6.45) is 80.2. The second kappa shape index (κ2) is 77.7. The number of phosphoric acid groups is 2. The van der Waals surface area contributed by atoms with E-state index in [1.165, 1.54) is 180 Å². The number of allylic oxidation sites excluding steroid dienone is 12. The van der Waals surface area contributed by atoms with Gasteiger partial charge in [-0.2, -0.15) is 0 Å². The van der Waals surface area contributed by atoms with Gasteiger partial charge in [0.25, 0.3) is 0 Å². The third-order valence-corrected chi connectivity index (χ3v) is 20.1. The number of esters is 4. The molecule has 0 rings (SSSR count). The zero-order valence-corrected chi connectivity index (χ0v) is 68.2. The van der Waals surface area contributed by atoms with Crippen LogP contribution in [0.3, 0.4) is 0 Å². The maximum Gasteiger partial charge on any atom is 0.472 e. The quantitative estimate of drug-likeness (QED) is 0.0169. The number of ether oxygens (including phenoxy) is 4. The topological polar surface area (TPSA) is 237 Å². The molecule has 0 aromatic heterocycles. The number of unbranched alkanes of at least 4 members (excludes halogenated alkanes) is 42. The Morgan fingerprint density at radius 2 is 0.490 bits per heavy atom. The van der Waals surface area contributed by atoms with Gasteiger partial charge in [-0.25, -0.2) is 9.13 Å². The van der Waals surface area contributed by atoms with E-state index in [1.54, 1.807) is 0 Å².